The van der Waals surface area contributed by atoms with Crippen LogP contribution in [0.5, 0.6) is 0 Å². The van der Waals surface area contributed by atoms with Gasteiger partial charge in [0.25, 0.3) is 5.91 Å². The molecule has 0 spiro atoms. The second-order valence-corrected chi connectivity index (χ2v) is 6.40. The van der Waals surface area contributed by atoms with Crippen LogP contribution in [0.15, 0.2) is 30.4 Å². The molecule has 1 saturated carbocycles. The predicted molar refractivity (Wildman–Crippen MR) is 85.3 cm³/mol. The average molecular weight is 316 g/mol. The van der Waals surface area contributed by atoms with Crippen molar-refractivity contribution in [3.05, 3.63) is 47.3 Å². The summed E-state index contributed by atoms with van der Waals surface area (Å²) in [6.45, 7) is 2.37. The van der Waals surface area contributed by atoms with Gasteiger partial charge in [0.05, 0.1) is 0 Å². The van der Waals surface area contributed by atoms with Crippen molar-refractivity contribution in [3.63, 3.8) is 0 Å². The van der Waals surface area contributed by atoms with E-state index in [0.29, 0.717) is 30.5 Å². The Labute approximate surface area is 135 Å². The van der Waals surface area contributed by atoms with E-state index in [-0.39, 0.29) is 23.3 Å². The van der Waals surface area contributed by atoms with E-state index in [4.69, 9.17) is 0 Å². The zero-order valence-corrected chi connectivity index (χ0v) is 13.1. The smallest absolute Gasteiger partial charge is 0.251 e. The van der Waals surface area contributed by atoms with E-state index >= 15 is 0 Å². The van der Waals surface area contributed by atoms with Gasteiger partial charge in [-0.15, -0.1) is 0 Å². The van der Waals surface area contributed by atoms with Crippen molar-refractivity contribution in [2.45, 2.75) is 19.8 Å². The molecule has 1 aromatic carbocycles. The molecule has 2 N–H and O–H groups in total. The minimum Gasteiger partial charge on any atom is -0.354 e. The monoisotopic (exact) mass is 316 g/mol. The van der Waals surface area contributed by atoms with Crippen LogP contribution < -0.4 is 10.6 Å². The molecule has 0 aliphatic heterocycles. The second-order valence-electron chi connectivity index (χ2n) is 6.40. The van der Waals surface area contributed by atoms with E-state index in [9.17, 15) is 14.0 Å². The molecule has 2 aliphatic rings. The number of hydrogen-bond donors (Lipinski definition) is 2. The summed E-state index contributed by atoms with van der Waals surface area (Å²) in [7, 11) is 0. The number of fused-ring (bicyclic) bond motifs is 2. The number of hydrogen-bond acceptors (Lipinski definition) is 2. The molecule has 3 atom stereocenters. The van der Waals surface area contributed by atoms with E-state index in [1.165, 1.54) is 6.07 Å². The highest BCUT2D eigenvalue weighted by Crippen LogP contribution is 2.43. The number of rotatable bonds is 5. The molecular formula is C18H21FN2O2. The lowest BCUT2D eigenvalue weighted by atomic mass is 9.93. The van der Waals surface area contributed by atoms with Crippen molar-refractivity contribution in [2.75, 3.05) is 13.1 Å². The zero-order valence-electron chi connectivity index (χ0n) is 13.1. The van der Waals surface area contributed by atoms with Gasteiger partial charge in [0, 0.05) is 24.6 Å². The van der Waals surface area contributed by atoms with Gasteiger partial charge in [-0.1, -0.05) is 18.2 Å². The van der Waals surface area contributed by atoms with Crippen molar-refractivity contribution in [1.29, 1.82) is 0 Å². The summed E-state index contributed by atoms with van der Waals surface area (Å²) in [5.74, 6) is 0.359. The SMILES string of the molecule is Cc1ccc(C(=O)NCCNC(=O)[C@@H]2C[C@H]3C=C[C@H]2C3)cc1F. The molecule has 1 fully saturated rings. The Morgan fingerprint density at radius 2 is 1.96 bits per heavy atom. The lowest BCUT2D eigenvalue weighted by molar-refractivity contribution is -0.125. The number of nitrogens with one attached hydrogen (secondary N) is 2. The van der Waals surface area contributed by atoms with Crippen LogP contribution in [0.25, 0.3) is 0 Å². The summed E-state index contributed by atoms with van der Waals surface area (Å²) in [5, 5.41) is 5.57. The lowest BCUT2D eigenvalue weighted by Gasteiger charge is -2.17. The second kappa shape index (κ2) is 6.52. The molecule has 0 saturated heterocycles. The maximum Gasteiger partial charge on any atom is 0.251 e. The molecule has 2 amide bonds. The predicted octanol–water partition coefficient (Wildman–Crippen LogP) is 2.19. The summed E-state index contributed by atoms with van der Waals surface area (Å²) in [6, 6.07) is 4.40. The molecule has 2 bridgehead atoms. The standard InChI is InChI=1S/C18H21FN2O2/c1-11-2-4-14(10-16(11)19)17(22)20-6-7-21-18(23)15-9-12-3-5-13(15)8-12/h2-5,10,12-13,15H,6-9H2,1H3,(H,20,22)(H,21,23)/t12-,13-,15+/m0/s1. The van der Waals surface area contributed by atoms with Crippen LogP contribution in [0.1, 0.15) is 28.8 Å². The van der Waals surface area contributed by atoms with E-state index in [1.807, 2.05) is 0 Å². The van der Waals surface area contributed by atoms with Gasteiger partial charge >= 0.3 is 0 Å². The fourth-order valence-electron chi connectivity index (χ4n) is 3.41. The molecule has 23 heavy (non-hydrogen) atoms. The van der Waals surface area contributed by atoms with Gasteiger partial charge in [0.15, 0.2) is 0 Å². The van der Waals surface area contributed by atoms with Crippen LogP contribution in [0, 0.1) is 30.5 Å². The molecule has 0 aromatic heterocycles. The van der Waals surface area contributed by atoms with Gasteiger partial charge in [-0.3, -0.25) is 9.59 Å². The first-order valence-corrected chi connectivity index (χ1v) is 8.05. The van der Waals surface area contributed by atoms with E-state index in [1.54, 1.807) is 19.1 Å². The molecule has 122 valence electrons. The minimum atomic E-state index is -0.393. The van der Waals surface area contributed by atoms with Gasteiger partial charge in [0.1, 0.15) is 5.82 Å². The highest BCUT2D eigenvalue weighted by atomic mass is 19.1. The summed E-state index contributed by atoms with van der Waals surface area (Å²) < 4.78 is 13.4. The lowest BCUT2D eigenvalue weighted by Crippen LogP contribution is -2.38. The van der Waals surface area contributed by atoms with Gasteiger partial charge in [-0.2, -0.15) is 0 Å². The van der Waals surface area contributed by atoms with Crippen LogP contribution in [0.4, 0.5) is 4.39 Å². The summed E-state index contributed by atoms with van der Waals surface area (Å²) in [6.07, 6.45) is 6.37. The number of allylic oxidation sites excluding steroid dienone is 2. The number of aryl methyl sites for hydroxylation is 1. The number of benzene rings is 1. The van der Waals surface area contributed by atoms with Crippen LogP contribution in [-0.4, -0.2) is 24.9 Å². The molecule has 3 rings (SSSR count). The fraction of sp³-hybridized carbons (Fsp3) is 0.444. The first-order chi connectivity index (χ1) is 11.0. The molecule has 4 nitrogen and oxygen atoms in total. The van der Waals surface area contributed by atoms with Crippen molar-refractivity contribution < 1.29 is 14.0 Å². The average Bonchev–Trinajstić information content (AvgIpc) is 3.16. The van der Waals surface area contributed by atoms with Gasteiger partial charge in [-0.25, -0.2) is 4.39 Å². The Bertz CT molecular complexity index is 656. The third-order valence-corrected chi connectivity index (χ3v) is 4.76. The molecule has 2 aliphatic carbocycles. The molecule has 1 aromatic rings. The Morgan fingerprint density at radius 1 is 1.17 bits per heavy atom. The summed E-state index contributed by atoms with van der Waals surface area (Å²) >= 11 is 0. The fourth-order valence-corrected chi connectivity index (χ4v) is 3.41. The Balaban J connectivity index is 1.41. The number of carbonyl (C=O) groups is 2. The molecular weight excluding hydrogens is 295 g/mol. The topological polar surface area (TPSA) is 58.2 Å². The Hall–Kier alpha value is -2.17. The maximum atomic E-state index is 13.4. The van der Waals surface area contributed by atoms with E-state index in [2.05, 4.69) is 22.8 Å². The first kappa shape index (κ1) is 15.7. The van der Waals surface area contributed by atoms with Crippen LogP contribution in [-0.2, 0) is 4.79 Å². The normalized spacial score (nSPS) is 24.7. The van der Waals surface area contributed by atoms with Crippen molar-refractivity contribution >= 4 is 11.8 Å². The van der Waals surface area contributed by atoms with Gasteiger partial charge < -0.3 is 10.6 Å². The van der Waals surface area contributed by atoms with Gasteiger partial charge in [0.2, 0.25) is 5.91 Å². The quantitative estimate of drug-likeness (QED) is 0.646. The molecule has 0 heterocycles. The van der Waals surface area contributed by atoms with E-state index < -0.39 is 5.82 Å². The van der Waals surface area contributed by atoms with Crippen molar-refractivity contribution in [2.24, 2.45) is 17.8 Å². The summed E-state index contributed by atoms with van der Waals surface area (Å²) in [4.78, 5) is 24.0. The van der Waals surface area contributed by atoms with Crippen LogP contribution >= 0.6 is 0 Å². The Kier molecular flexibility index (Phi) is 4.46. The third kappa shape index (κ3) is 3.44. The number of carbonyl (C=O) groups excluding carboxylic acids is 2. The van der Waals surface area contributed by atoms with Gasteiger partial charge in [-0.05, 0) is 49.3 Å². The van der Waals surface area contributed by atoms with Crippen LogP contribution in [0.2, 0.25) is 0 Å². The zero-order chi connectivity index (χ0) is 16.4. The Morgan fingerprint density at radius 3 is 2.61 bits per heavy atom. The molecule has 0 radical (unpaired) electrons. The van der Waals surface area contributed by atoms with E-state index in [0.717, 1.165) is 12.8 Å². The largest absolute Gasteiger partial charge is 0.354 e. The van der Waals surface area contributed by atoms with Crippen molar-refractivity contribution in [3.8, 4) is 0 Å². The number of halogens is 1. The molecule has 0 unspecified atom stereocenters. The highest BCUT2D eigenvalue weighted by Gasteiger charge is 2.39. The highest BCUT2D eigenvalue weighted by molar-refractivity contribution is 5.94. The molecule has 5 heteroatoms. The summed E-state index contributed by atoms with van der Waals surface area (Å²) in [5.41, 5.74) is 0.798. The first-order valence-electron chi connectivity index (χ1n) is 8.05. The van der Waals surface area contributed by atoms with Crippen LogP contribution in [0.3, 0.4) is 0 Å². The number of amides is 2. The maximum absolute atomic E-state index is 13.4. The van der Waals surface area contributed by atoms with Crippen molar-refractivity contribution in [1.82, 2.24) is 10.6 Å². The minimum absolute atomic E-state index is 0.0671. The third-order valence-electron chi connectivity index (χ3n) is 4.76.